The zero-order valence-electron chi connectivity index (χ0n) is 23.2. The van der Waals surface area contributed by atoms with Gasteiger partial charge in [-0.3, -0.25) is 24.0 Å². The number of rotatable bonds is 11. The van der Waals surface area contributed by atoms with Gasteiger partial charge in [-0.2, -0.15) is 0 Å². The molecule has 1 N–H and O–H groups in total. The first-order chi connectivity index (χ1) is 19.2. The Labute approximate surface area is 245 Å². The van der Waals surface area contributed by atoms with Crippen molar-refractivity contribution in [3.63, 3.8) is 0 Å². The molecule has 0 saturated carbocycles. The van der Waals surface area contributed by atoms with Crippen LogP contribution in [0.5, 0.6) is 0 Å². The number of amides is 1. The fourth-order valence-corrected chi connectivity index (χ4v) is 5.88. The van der Waals surface area contributed by atoms with E-state index in [0.29, 0.717) is 4.90 Å². The first-order valence-electron chi connectivity index (χ1n) is 12.3. The first-order valence-corrected chi connectivity index (χ1v) is 13.5. The van der Waals surface area contributed by atoms with Gasteiger partial charge in [-0.15, -0.1) is 11.8 Å². The molecular formula is C26H32ClNO12S. The summed E-state index contributed by atoms with van der Waals surface area (Å²) in [6.45, 7) is 4.89. The summed E-state index contributed by atoms with van der Waals surface area (Å²) in [5.41, 5.74) is 0. The molecule has 2 rings (SSSR count). The van der Waals surface area contributed by atoms with E-state index in [2.05, 4.69) is 5.32 Å². The minimum Gasteiger partial charge on any atom is -0.466 e. The van der Waals surface area contributed by atoms with Crippen molar-refractivity contribution in [2.45, 2.75) is 80.3 Å². The number of carbonyl (C=O) groups excluding carboxylic acids is 6. The van der Waals surface area contributed by atoms with Gasteiger partial charge in [0, 0.05) is 39.5 Å². The van der Waals surface area contributed by atoms with Crippen LogP contribution in [0.25, 0.3) is 0 Å². The molecule has 1 amide bonds. The Morgan fingerprint density at radius 3 is 2.05 bits per heavy atom. The number of benzene rings is 1. The van der Waals surface area contributed by atoms with Crippen molar-refractivity contribution in [3.05, 3.63) is 30.3 Å². The summed E-state index contributed by atoms with van der Waals surface area (Å²) in [6, 6.07) is 7.29. The van der Waals surface area contributed by atoms with Crippen LogP contribution in [0, 0.1) is 0 Å². The first kappa shape index (κ1) is 33.8. The lowest BCUT2D eigenvalue weighted by atomic mass is 9.88. The van der Waals surface area contributed by atoms with Crippen LogP contribution < -0.4 is 5.32 Å². The molecular weight excluding hydrogens is 586 g/mol. The maximum absolute atomic E-state index is 13.2. The monoisotopic (exact) mass is 617 g/mol. The summed E-state index contributed by atoms with van der Waals surface area (Å²) in [7, 11) is 1.06. The molecule has 0 bridgehead atoms. The van der Waals surface area contributed by atoms with Gasteiger partial charge in [0.25, 0.3) is 5.06 Å². The van der Waals surface area contributed by atoms with E-state index in [1.165, 1.54) is 6.92 Å². The Morgan fingerprint density at radius 2 is 1.56 bits per heavy atom. The van der Waals surface area contributed by atoms with Gasteiger partial charge >= 0.3 is 29.8 Å². The summed E-state index contributed by atoms with van der Waals surface area (Å²) in [5, 5.41) is -1.03. The average molecular weight is 618 g/mol. The molecule has 0 aromatic heterocycles. The van der Waals surface area contributed by atoms with E-state index in [0.717, 1.165) is 46.6 Å². The van der Waals surface area contributed by atoms with Gasteiger partial charge in [-0.25, -0.2) is 4.79 Å². The summed E-state index contributed by atoms with van der Waals surface area (Å²) < 4.78 is 32.5. The van der Waals surface area contributed by atoms with E-state index in [1.807, 2.05) is 0 Å². The predicted molar refractivity (Wildman–Crippen MR) is 142 cm³/mol. The zero-order valence-corrected chi connectivity index (χ0v) is 24.8. The van der Waals surface area contributed by atoms with Crippen LogP contribution in [0.2, 0.25) is 0 Å². The summed E-state index contributed by atoms with van der Waals surface area (Å²) in [6.07, 6.45) is -6.16. The van der Waals surface area contributed by atoms with Gasteiger partial charge in [-0.1, -0.05) is 29.8 Å². The van der Waals surface area contributed by atoms with E-state index in [-0.39, 0.29) is 0 Å². The third-order valence-corrected chi connectivity index (χ3v) is 7.59. The fraction of sp³-hybridized carbons (Fsp3) is 0.538. The minimum absolute atomic E-state index is 0.594. The molecule has 13 nitrogen and oxygen atoms in total. The highest BCUT2D eigenvalue weighted by atomic mass is 35.5. The summed E-state index contributed by atoms with van der Waals surface area (Å²) in [5.74, 6) is -4.98. The molecule has 15 heteroatoms. The third-order valence-electron chi connectivity index (χ3n) is 5.58. The van der Waals surface area contributed by atoms with Crippen LogP contribution in [0.15, 0.2) is 35.2 Å². The lowest BCUT2D eigenvalue weighted by molar-refractivity contribution is -0.223. The number of esters is 5. The van der Waals surface area contributed by atoms with Gasteiger partial charge in [-0.05, 0) is 12.1 Å². The second kappa shape index (κ2) is 15.0. The van der Waals surface area contributed by atoms with Crippen molar-refractivity contribution in [3.8, 4) is 0 Å². The maximum atomic E-state index is 13.2. The molecule has 7 unspecified atom stereocenters. The Kier molecular flexibility index (Phi) is 12.4. The van der Waals surface area contributed by atoms with E-state index in [4.69, 9.17) is 40.0 Å². The molecule has 1 aliphatic heterocycles. The van der Waals surface area contributed by atoms with Crippen LogP contribution in [-0.2, 0) is 57.2 Å². The van der Waals surface area contributed by atoms with E-state index < -0.39 is 83.1 Å². The normalized spacial score (nSPS) is 25.0. The van der Waals surface area contributed by atoms with Gasteiger partial charge in [0.15, 0.2) is 12.2 Å². The predicted octanol–water partition coefficient (Wildman–Crippen LogP) is 1.52. The highest BCUT2D eigenvalue weighted by Gasteiger charge is 2.63. The number of nitrogens with one attached hydrogen (secondary N) is 1. The summed E-state index contributed by atoms with van der Waals surface area (Å²) in [4.78, 5) is 74.4. The van der Waals surface area contributed by atoms with Crippen LogP contribution in [0.1, 0.15) is 34.6 Å². The standard InChI is InChI=1S/C26H32ClNO12S/c1-13(29)28-20-22(21(38-16(4)32)19(37-15(3)31)12-36-14(2)30)40-26(27,25(34)35-6)24(23(20)39-17(5)33)41-18-10-8-7-9-11-18/h7-11,19-24H,12H2,1-6H3,(H,28,29). The van der Waals surface area contributed by atoms with E-state index >= 15 is 0 Å². The van der Waals surface area contributed by atoms with Gasteiger partial charge in [0.05, 0.1) is 13.2 Å². The average Bonchev–Trinajstić information content (AvgIpc) is 2.88. The molecule has 226 valence electrons. The van der Waals surface area contributed by atoms with Gasteiger partial charge in [0.2, 0.25) is 5.91 Å². The molecule has 0 spiro atoms. The number of hydrogen-bond donors (Lipinski definition) is 1. The van der Waals surface area contributed by atoms with Gasteiger partial charge in [0.1, 0.15) is 24.1 Å². The van der Waals surface area contributed by atoms with Crippen molar-refractivity contribution in [2.75, 3.05) is 13.7 Å². The molecule has 1 aromatic carbocycles. The zero-order chi connectivity index (χ0) is 30.9. The van der Waals surface area contributed by atoms with Crippen LogP contribution in [0.3, 0.4) is 0 Å². The smallest absolute Gasteiger partial charge is 0.355 e. The van der Waals surface area contributed by atoms with Gasteiger partial charge < -0.3 is 33.7 Å². The van der Waals surface area contributed by atoms with Crippen molar-refractivity contribution in [1.29, 1.82) is 0 Å². The molecule has 1 aliphatic rings. The molecule has 1 fully saturated rings. The molecule has 1 aromatic rings. The van der Waals surface area contributed by atoms with E-state index in [1.54, 1.807) is 30.3 Å². The largest absolute Gasteiger partial charge is 0.466 e. The van der Waals surface area contributed by atoms with Crippen LogP contribution in [-0.4, -0.2) is 90.2 Å². The highest BCUT2D eigenvalue weighted by molar-refractivity contribution is 8.00. The number of ether oxygens (including phenoxy) is 6. The van der Waals surface area contributed by atoms with Crippen LogP contribution in [0.4, 0.5) is 0 Å². The molecule has 0 radical (unpaired) electrons. The summed E-state index contributed by atoms with van der Waals surface area (Å²) >= 11 is 7.89. The molecule has 1 heterocycles. The SMILES string of the molecule is COC(=O)C1(Cl)OC(C(OC(C)=O)C(COC(C)=O)OC(C)=O)C(NC(C)=O)C(OC(C)=O)C1Sc1ccccc1. The number of hydrogen-bond acceptors (Lipinski definition) is 13. The molecule has 0 aliphatic carbocycles. The van der Waals surface area contributed by atoms with E-state index in [9.17, 15) is 28.8 Å². The van der Waals surface area contributed by atoms with Crippen molar-refractivity contribution in [1.82, 2.24) is 5.32 Å². The molecule has 41 heavy (non-hydrogen) atoms. The van der Waals surface area contributed by atoms with Crippen molar-refractivity contribution < 1.29 is 57.2 Å². The minimum atomic E-state index is -2.41. The Morgan fingerprint density at radius 1 is 0.951 bits per heavy atom. The third kappa shape index (κ3) is 9.33. The van der Waals surface area contributed by atoms with Crippen molar-refractivity contribution in [2.24, 2.45) is 0 Å². The Balaban J connectivity index is 2.79. The molecule has 7 atom stereocenters. The van der Waals surface area contributed by atoms with Crippen molar-refractivity contribution >= 4 is 59.1 Å². The Hall–Kier alpha value is -3.36. The lowest BCUT2D eigenvalue weighted by Gasteiger charge is -2.50. The second-order valence-corrected chi connectivity index (χ2v) is 10.7. The second-order valence-electron chi connectivity index (χ2n) is 8.90. The lowest BCUT2D eigenvalue weighted by Crippen LogP contribution is -2.72. The highest BCUT2D eigenvalue weighted by Crippen LogP contribution is 2.46. The maximum Gasteiger partial charge on any atom is 0.355 e. The Bertz CT molecular complexity index is 1130. The fourth-order valence-electron chi connectivity index (χ4n) is 4.17. The number of carbonyl (C=O) groups is 6. The quantitative estimate of drug-likeness (QED) is 0.215. The number of halogens is 1. The topological polar surface area (TPSA) is 170 Å². The number of methoxy groups -OCH3 is 1. The number of alkyl halides is 1. The van der Waals surface area contributed by atoms with Crippen LogP contribution >= 0.6 is 23.4 Å². The number of thioether (sulfide) groups is 1. The molecule has 1 saturated heterocycles.